The van der Waals surface area contributed by atoms with Gasteiger partial charge in [-0.15, -0.1) is 0 Å². The fourth-order valence-electron chi connectivity index (χ4n) is 2.99. The predicted molar refractivity (Wildman–Crippen MR) is 79.3 cm³/mol. The van der Waals surface area contributed by atoms with Crippen LogP contribution < -0.4 is 0 Å². The van der Waals surface area contributed by atoms with Gasteiger partial charge < -0.3 is 10.0 Å². The van der Waals surface area contributed by atoms with Crippen LogP contribution in [-0.2, 0) is 4.79 Å². The Bertz CT molecular complexity index is 280. The highest BCUT2D eigenvalue weighted by Crippen LogP contribution is 2.27. The Morgan fingerprint density at radius 1 is 1.32 bits per heavy atom. The smallest absolute Gasteiger partial charge is 0.309 e. The fraction of sp³-hybridized carbons (Fsp3) is 0.938. The van der Waals surface area contributed by atoms with Crippen molar-refractivity contribution in [1.29, 1.82) is 0 Å². The number of hydrogen-bond donors (Lipinski definition) is 1. The first-order valence-corrected chi connectivity index (χ1v) is 7.80. The predicted octanol–water partition coefficient (Wildman–Crippen LogP) is 3.78. The normalized spacial score (nSPS) is 17.6. The van der Waals surface area contributed by atoms with E-state index in [0.717, 1.165) is 32.0 Å². The third-order valence-electron chi connectivity index (χ3n) is 4.27. The molecule has 1 aliphatic rings. The number of rotatable bonds is 8. The summed E-state index contributed by atoms with van der Waals surface area (Å²) in [6, 6.07) is 0.746. The van der Waals surface area contributed by atoms with Gasteiger partial charge >= 0.3 is 5.97 Å². The molecule has 19 heavy (non-hydrogen) atoms. The maximum atomic E-state index is 11.1. The second-order valence-corrected chi connectivity index (χ2v) is 7.12. The molecule has 3 nitrogen and oxygen atoms in total. The molecule has 1 aliphatic carbocycles. The molecule has 0 aromatic heterocycles. The molecule has 0 unspecified atom stereocenters. The number of carbonyl (C=O) groups is 1. The van der Waals surface area contributed by atoms with Gasteiger partial charge in [-0.05, 0) is 52.0 Å². The fourth-order valence-corrected chi connectivity index (χ4v) is 2.99. The zero-order chi connectivity index (χ0) is 14.5. The van der Waals surface area contributed by atoms with Crippen LogP contribution in [0.1, 0.15) is 66.2 Å². The zero-order valence-electron chi connectivity index (χ0n) is 13.1. The Labute approximate surface area is 118 Å². The van der Waals surface area contributed by atoms with Crippen molar-refractivity contribution in [3.63, 3.8) is 0 Å². The van der Waals surface area contributed by atoms with E-state index in [4.69, 9.17) is 5.11 Å². The maximum absolute atomic E-state index is 11.1. The third kappa shape index (κ3) is 5.52. The van der Waals surface area contributed by atoms with Crippen molar-refractivity contribution in [2.24, 2.45) is 11.3 Å². The molecule has 0 heterocycles. The molecular formula is C16H31NO2. The molecule has 0 aromatic carbocycles. The topological polar surface area (TPSA) is 40.5 Å². The van der Waals surface area contributed by atoms with Gasteiger partial charge in [-0.1, -0.05) is 26.7 Å². The van der Waals surface area contributed by atoms with Crippen LogP contribution in [0, 0.1) is 11.3 Å². The standard InChI is InChI=1S/C16H31NO2/c1-13(2)12-17(14-8-5-6-9-14)11-7-10-16(3,4)15(18)19/h13-14H,5-12H2,1-4H3,(H,18,19). The second kappa shape index (κ2) is 7.28. The second-order valence-electron chi connectivity index (χ2n) is 7.12. The van der Waals surface area contributed by atoms with Gasteiger partial charge in [-0.3, -0.25) is 4.79 Å². The van der Waals surface area contributed by atoms with Gasteiger partial charge in [0.2, 0.25) is 0 Å². The summed E-state index contributed by atoms with van der Waals surface area (Å²) in [5.74, 6) is 0.0110. The number of carboxylic acids is 1. The molecule has 0 aromatic rings. The van der Waals surface area contributed by atoms with Gasteiger partial charge in [0, 0.05) is 12.6 Å². The van der Waals surface area contributed by atoms with Gasteiger partial charge in [0.1, 0.15) is 0 Å². The van der Waals surface area contributed by atoms with Crippen LogP contribution in [0.15, 0.2) is 0 Å². The summed E-state index contributed by atoms with van der Waals surface area (Å²) in [7, 11) is 0. The van der Waals surface area contributed by atoms with E-state index in [1.54, 1.807) is 0 Å². The van der Waals surface area contributed by atoms with E-state index in [-0.39, 0.29) is 0 Å². The van der Waals surface area contributed by atoms with Crippen molar-refractivity contribution in [2.45, 2.75) is 72.3 Å². The summed E-state index contributed by atoms with van der Waals surface area (Å²) in [6.45, 7) is 10.4. The van der Waals surface area contributed by atoms with Crippen molar-refractivity contribution >= 4 is 5.97 Å². The first kappa shape index (κ1) is 16.5. The number of carboxylic acid groups (broad SMARTS) is 1. The summed E-state index contributed by atoms with van der Waals surface area (Å²) < 4.78 is 0. The Morgan fingerprint density at radius 2 is 1.89 bits per heavy atom. The van der Waals surface area contributed by atoms with Gasteiger partial charge in [-0.25, -0.2) is 0 Å². The van der Waals surface area contributed by atoms with Gasteiger partial charge in [0.25, 0.3) is 0 Å². The summed E-state index contributed by atoms with van der Waals surface area (Å²) in [5, 5.41) is 9.15. The van der Waals surface area contributed by atoms with E-state index in [1.165, 1.54) is 25.7 Å². The van der Waals surface area contributed by atoms with Gasteiger partial charge in [0.05, 0.1) is 5.41 Å². The molecule has 0 spiro atoms. The number of nitrogens with zero attached hydrogens (tertiary/aromatic N) is 1. The van der Waals surface area contributed by atoms with Crippen molar-refractivity contribution in [3.8, 4) is 0 Å². The zero-order valence-corrected chi connectivity index (χ0v) is 13.1. The van der Waals surface area contributed by atoms with E-state index in [2.05, 4.69) is 18.7 Å². The molecule has 1 rings (SSSR count). The molecule has 0 amide bonds. The molecule has 1 saturated carbocycles. The van der Waals surface area contributed by atoms with Gasteiger partial charge in [-0.2, -0.15) is 0 Å². The first-order valence-electron chi connectivity index (χ1n) is 7.80. The summed E-state index contributed by atoms with van der Waals surface area (Å²) in [6.07, 6.45) is 7.13. The molecule has 0 atom stereocenters. The van der Waals surface area contributed by atoms with Crippen LogP contribution in [0.25, 0.3) is 0 Å². The quantitative estimate of drug-likeness (QED) is 0.729. The summed E-state index contributed by atoms with van der Waals surface area (Å²) >= 11 is 0. The average Bonchev–Trinajstić information content (AvgIpc) is 2.80. The molecule has 0 saturated heterocycles. The molecule has 1 fully saturated rings. The van der Waals surface area contributed by atoms with Crippen LogP contribution in [-0.4, -0.2) is 35.1 Å². The lowest BCUT2D eigenvalue weighted by Gasteiger charge is -2.31. The van der Waals surface area contributed by atoms with Crippen molar-refractivity contribution in [3.05, 3.63) is 0 Å². The molecule has 112 valence electrons. The van der Waals surface area contributed by atoms with E-state index >= 15 is 0 Å². The van der Waals surface area contributed by atoms with E-state index in [0.29, 0.717) is 5.92 Å². The molecule has 0 aliphatic heterocycles. The van der Waals surface area contributed by atoms with Crippen molar-refractivity contribution in [1.82, 2.24) is 4.90 Å². The minimum Gasteiger partial charge on any atom is -0.481 e. The van der Waals surface area contributed by atoms with Crippen LogP contribution in [0.5, 0.6) is 0 Å². The molecule has 0 bridgehead atoms. The maximum Gasteiger partial charge on any atom is 0.309 e. The minimum atomic E-state index is -0.677. The lowest BCUT2D eigenvalue weighted by molar-refractivity contribution is -0.147. The molecular weight excluding hydrogens is 238 g/mol. The average molecular weight is 269 g/mol. The monoisotopic (exact) mass is 269 g/mol. The van der Waals surface area contributed by atoms with Crippen molar-refractivity contribution in [2.75, 3.05) is 13.1 Å². The summed E-state index contributed by atoms with van der Waals surface area (Å²) in [4.78, 5) is 13.7. The lowest BCUT2D eigenvalue weighted by Crippen LogP contribution is -2.37. The molecule has 3 heteroatoms. The lowest BCUT2D eigenvalue weighted by atomic mass is 9.88. The van der Waals surface area contributed by atoms with Crippen LogP contribution >= 0.6 is 0 Å². The SMILES string of the molecule is CC(C)CN(CCCC(C)(C)C(=O)O)C1CCCC1. The first-order chi connectivity index (χ1) is 8.83. The number of hydrogen-bond acceptors (Lipinski definition) is 2. The third-order valence-corrected chi connectivity index (χ3v) is 4.27. The van der Waals surface area contributed by atoms with Crippen LogP contribution in [0.3, 0.4) is 0 Å². The molecule has 1 N–H and O–H groups in total. The Hall–Kier alpha value is -0.570. The van der Waals surface area contributed by atoms with Crippen molar-refractivity contribution < 1.29 is 9.90 Å². The Balaban J connectivity index is 2.42. The Kier molecular flexibility index (Phi) is 6.31. The number of aliphatic carboxylic acids is 1. The highest BCUT2D eigenvalue weighted by atomic mass is 16.4. The molecule has 0 radical (unpaired) electrons. The van der Waals surface area contributed by atoms with E-state index in [1.807, 2.05) is 13.8 Å². The van der Waals surface area contributed by atoms with Crippen LogP contribution in [0.4, 0.5) is 0 Å². The summed E-state index contributed by atoms with van der Waals surface area (Å²) in [5.41, 5.74) is -0.584. The highest BCUT2D eigenvalue weighted by Gasteiger charge is 2.28. The highest BCUT2D eigenvalue weighted by molar-refractivity contribution is 5.73. The van der Waals surface area contributed by atoms with Crippen LogP contribution in [0.2, 0.25) is 0 Å². The van der Waals surface area contributed by atoms with Gasteiger partial charge in [0.15, 0.2) is 0 Å². The largest absolute Gasteiger partial charge is 0.481 e. The minimum absolute atomic E-state index is 0.584. The van der Waals surface area contributed by atoms with E-state index in [9.17, 15) is 4.79 Å². The Morgan fingerprint density at radius 3 is 2.37 bits per heavy atom. The van der Waals surface area contributed by atoms with E-state index < -0.39 is 11.4 Å².